The van der Waals surface area contributed by atoms with Gasteiger partial charge in [0.15, 0.2) is 0 Å². The minimum atomic E-state index is -0.484. The summed E-state index contributed by atoms with van der Waals surface area (Å²) < 4.78 is 42.6. The molecule has 8 atom stereocenters. The summed E-state index contributed by atoms with van der Waals surface area (Å²) in [5.74, 6) is -1.40. The van der Waals surface area contributed by atoms with Gasteiger partial charge in [0.2, 0.25) is 0 Å². The highest BCUT2D eigenvalue weighted by Gasteiger charge is 2.30. The van der Waals surface area contributed by atoms with Crippen LogP contribution in [-0.2, 0) is 76.3 Å². The molecule has 0 aliphatic carbocycles. The Morgan fingerprint density at radius 1 is 0.286 bits per heavy atom. The Balaban J connectivity index is -0.000000509. The van der Waals surface area contributed by atoms with Gasteiger partial charge in [-0.2, -0.15) is 0 Å². The Kier molecular flexibility index (Phi) is 51.1. The smallest absolute Gasteiger partial charge is 0.309 e. The van der Waals surface area contributed by atoms with Gasteiger partial charge in [0.25, 0.3) is 0 Å². The van der Waals surface area contributed by atoms with Crippen molar-refractivity contribution in [2.75, 3.05) is 13.2 Å². The lowest BCUT2D eigenvalue weighted by atomic mass is 9.95. The Hall–Kier alpha value is -4.24. The summed E-state index contributed by atoms with van der Waals surface area (Å²) in [7, 11) is 0. The molecule has 0 bridgehead atoms. The number of esters is 8. The van der Waals surface area contributed by atoms with Crippen molar-refractivity contribution >= 4 is 47.8 Å². The van der Waals surface area contributed by atoms with Crippen molar-refractivity contribution in [2.45, 2.75) is 307 Å². The fourth-order valence-electron chi connectivity index (χ4n) is 8.57. The van der Waals surface area contributed by atoms with Crippen LogP contribution < -0.4 is 0 Å². The zero-order chi connectivity index (χ0) is 66.0. The Labute approximate surface area is 512 Å². The van der Waals surface area contributed by atoms with Gasteiger partial charge in [0.1, 0.15) is 12.2 Å². The molecule has 84 heavy (non-hydrogen) atoms. The van der Waals surface area contributed by atoms with E-state index in [2.05, 4.69) is 69.2 Å². The molecule has 0 aliphatic rings. The molecule has 0 radical (unpaired) electrons. The van der Waals surface area contributed by atoms with Gasteiger partial charge in [-0.15, -0.1) is 0 Å². The van der Waals surface area contributed by atoms with Gasteiger partial charge in [0.05, 0.1) is 87.0 Å². The summed E-state index contributed by atoms with van der Waals surface area (Å²) in [5, 5.41) is 0. The van der Waals surface area contributed by atoms with E-state index in [1.807, 2.05) is 83.1 Å². The first kappa shape index (κ1) is 86.2. The van der Waals surface area contributed by atoms with Gasteiger partial charge < -0.3 is 37.9 Å². The van der Waals surface area contributed by atoms with Gasteiger partial charge in [-0.1, -0.05) is 178 Å². The number of carbonyl (C=O) groups is 8. The van der Waals surface area contributed by atoms with Crippen molar-refractivity contribution in [3.63, 3.8) is 0 Å². The predicted molar refractivity (Wildman–Crippen MR) is 335 cm³/mol. The number of hydrogen-bond acceptors (Lipinski definition) is 16. The first-order valence-corrected chi connectivity index (χ1v) is 32.3. The minimum absolute atomic E-state index is 0.0671. The molecular weight excluding hydrogens is 1070 g/mol. The average molecular weight is 1200 g/mol. The SMILES string of the molecule is CC(C)CC(C)OC(=O)CC(C)C(=O)OC(C)CC(C)C.CC(C)CCOC(=O)CC(C)C(=O)OCCC(C)C.CC(CC(=O)OC(C(C)C)C(C)C)C(=O)OC(C(C)C)C(C)C.CCCCC(C)OC(=O)CC(C)C(=O)OC(C)CCCC. The summed E-state index contributed by atoms with van der Waals surface area (Å²) in [4.78, 5) is 94.8. The second-order valence-electron chi connectivity index (χ2n) is 26.6. The van der Waals surface area contributed by atoms with Crippen LogP contribution in [0.2, 0.25) is 0 Å². The Morgan fingerprint density at radius 2 is 0.571 bits per heavy atom. The maximum Gasteiger partial charge on any atom is 0.309 e. The molecule has 0 aromatic carbocycles. The van der Waals surface area contributed by atoms with Crippen LogP contribution in [0.3, 0.4) is 0 Å². The molecule has 8 unspecified atom stereocenters. The highest BCUT2D eigenvalue weighted by Crippen LogP contribution is 2.22. The molecule has 0 fully saturated rings. The first-order chi connectivity index (χ1) is 38.8. The van der Waals surface area contributed by atoms with Gasteiger partial charge >= 0.3 is 47.8 Å². The Bertz CT molecular complexity index is 1750. The second-order valence-corrected chi connectivity index (χ2v) is 26.6. The summed E-state index contributed by atoms with van der Waals surface area (Å²) in [5.41, 5.74) is 0. The molecule has 16 nitrogen and oxygen atoms in total. The number of hydrogen-bond donors (Lipinski definition) is 0. The van der Waals surface area contributed by atoms with Gasteiger partial charge in [-0.05, 0) is 114 Å². The summed E-state index contributed by atoms with van der Waals surface area (Å²) in [6.07, 6.45) is 9.04. The van der Waals surface area contributed by atoms with Crippen molar-refractivity contribution in [2.24, 2.45) is 71.0 Å². The van der Waals surface area contributed by atoms with Crippen LogP contribution in [0.25, 0.3) is 0 Å². The van der Waals surface area contributed by atoms with E-state index in [0.717, 1.165) is 64.2 Å². The number of unbranched alkanes of at least 4 members (excludes halogenated alkanes) is 2. The lowest BCUT2D eigenvalue weighted by molar-refractivity contribution is -0.165. The van der Waals surface area contributed by atoms with E-state index in [1.165, 1.54) is 0 Å². The van der Waals surface area contributed by atoms with Crippen LogP contribution >= 0.6 is 0 Å². The predicted octanol–water partition coefficient (Wildman–Crippen LogP) is 15.9. The van der Waals surface area contributed by atoms with Crippen molar-refractivity contribution in [3.05, 3.63) is 0 Å². The lowest BCUT2D eigenvalue weighted by Gasteiger charge is -2.27. The molecule has 0 saturated carbocycles. The molecule has 16 heteroatoms. The third-order valence-corrected chi connectivity index (χ3v) is 13.4. The molecule has 0 aromatic heterocycles. The molecule has 0 spiro atoms. The zero-order valence-electron chi connectivity index (χ0n) is 58.2. The molecule has 496 valence electrons. The quantitative estimate of drug-likeness (QED) is 0.0415. The molecule has 0 aliphatic heterocycles. The van der Waals surface area contributed by atoms with Crippen molar-refractivity contribution < 1.29 is 76.3 Å². The highest BCUT2D eigenvalue weighted by atomic mass is 16.6. The fourth-order valence-corrected chi connectivity index (χ4v) is 8.57. The molecule has 0 saturated heterocycles. The van der Waals surface area contributed by atoms with Crippen LogP contribution in [0.4, 0.5) is 0 Å². The second kappa shape index (κ2) is 49.8. The van der Waals surface area contributed by atoms with E-state index in [4.69, 9.17) is 37.9 Å². The standard InChI is InChI=1S/C19H36O4.2C17H32O4.C15H28O4/c1-11(2)17(12(3)4)22-16(20)10-15(9)19(21)23-18(13(5)6)14(7)8;1-11(2)8-14(6)20-16(18)10-13(5)17(19)21-15(7)9-12(3)4;1-6-8-10-14(4)20-16(18)12-13(3)17(19)21-15(5)11-9-7-2;1-11(2)6-8-18-14(16)10-13(5)15(17)19-9-7-12(3)4/h11-15,17-18H,10H2,1-9H3;11-15H,8-10H2,1-7H3;13-15H,6-12H2,1-5H3;11-13H,6-10H2,1-5H3. The lowest BCUT2D eigenvalue weighted by Crippen LogP contribution is -2.33. The molecule has 0 aromatic rings. The van der Waals surface area contributed by atoms with Crippen LogP contribution in [0, 0.1) is 71.0 Å². The molecule has 0 amide bonds. The van der Waals surface area contributed by atoms with E-state index in [1.54, 1.807) is 27.7 Å². The first-order valence-electron chi connectivity index (χ1n) is 32.3. The van der Waals surface area contributed by atoms with Crippen LogP contribution in [0.1, 0.15) is 270 Å². The summed E-state index contributed by atoms with van der Waals surface area (Å²) >= 11 is 0. The molecule has 0 heterocycles. The van der Waals surface area contributed by atoms with Gasteiger partial charge in [-0.3, -0.25) is 38.4 Å². The summed E-state index contributed by atoms with van der Waals surface area (Å²) in [6.45, 7) is 52.3. The highest BCUT2D eigenvalue weighted by molar-refractivity contribution is 5.81. The number of ether oxygens (including phenoxy) is 8. The number of rotatable bonds is 38. The van der Waals surface area contributed by atoms with E-state index >= 15 is 0 Å². The van der Waals surface area contributed by atoms with Gasteiger partial charge in [-0.25, -0.2) is 0 Å². The van der Waals surface area contributed by atoms with E-state index < -0.39 is 23.7 Å². The fraction of sp³-hybridized carbons (Fsp3) is 0.882. The normalized spacial score (nSPS) is 14.2. The average Bonchev–Trinajstić information content (AvgIpc) is 3.42. The maximum atomic E-state index is 12.2. The van der Waals surface area contributed by atoms with Crippen LogP contribution in [0.5, 0.6) is 0 Å². The molecule has 0 rings (SSSR count). The number of carbonyl (C=O) groups excluding carboxylic acids is 8. The van der Waals surface area contributed by atoms with E-state index in [0.29, 0.717) is 36.9 Å². The zero-order valence-corrected chi connectivity index (χ0v) is 58.2. The topological polar surface area (TPSA) is 210 Å². The third kappa shape index (κ3) is 50.0. The summed E-state index contributed by atoms with van der Waals surface area (Å²) in [6, 6.07) is 0. The van der Waals surface area contributed by atoms with Crippen molar-refractivity contribution in [1.29, 1.82) is 0 Å². The monoisotopic (exact) mass is 1200 g/mol. The van der Waals surface area contributed by atoms with Crippen molar-refractivity contribution in [3.8, 4) is 0 Å². The van der Waals surface area contributed by atoms with Crippen molar-refractivity contribution in [1.82, 2.24) is 0 Å². The molecule has 0 N–H and O–H groups in total. The van der Waals surface area contributed by atoms with Gasteiger partial charge in [0, 0.05) is 0 Å². The minimum Gasteiger partial charge on any atom is -0.466 e. The molecular formula is C68H128O16. The van der Waals surface area contributed by atoms with E-state index in [9.17, 15) is 38.4 Å². The largest absolute Gasteiger partial charge is 0.466 e. The maximum absolute atomic E-state index is 12.2. The van der Waals surface area contributed by atoms with Crippen LogP contribution in [-0.4, -0.2) is 97.6 Å². The third-order valence-electron chi connectivity index (χ3n) is 13.4. The Morgan fingerprint density at radius 3 is 0.929 bits per heavy atom. The van der Waals surface area contributed by atoms with E-state index in [-0.39, 0.29) is 134 Å². The van der Waals surface area contributed by atoms with Crippen LogP contribution in [0.15, 0.2) is 0 Å².